The van der Waals surface area contributed by atoms with Crippen molar-refractivity contribution in [3.8, 4) is 0 Å². The number of rotatable bonds is 2. The van der Waals surface area contributed by atoms with Crippen molar-refractivity contribution in [1.82, 2.24) is 9.78 Å². The van der Waals surface area contributed by atoms with Crippen LogP contribution < -0.4 is 5.14 Å². The van der Waals surface area contributed by atoms with E-state index in [9.17, 15) is 8.42 Å². The smallest absolute Gasteiger partial charge is 0.240 e. The molecule has 0 atom stereocenters. The molecule has 0 unspecified atom stereocenters. The topological polar surface area (TPSA) is 90.3 Å². The van der Waals surface area contributed by atoms with E-state index in [1.807, 2.05) is 17.7 Å². The summed E-state index contributed by atoms with van der Waals surface area (Å²) in [6.45, 7) is 1.88. The van der Waals surface area contributed by atoms with Crippen LogP contribution in [0.2, 0.25) is 0 Å². The summed E-state index contributed by atoms with van der Waals surface area (Å²) < 4.78 is 26.0. The third-order valence-electron chi connectivity index (χ3n) is 3.17. The molecule has 3 rings (SSSR count). The highest BCUT2D eigenvalue weighted by Gasteiger charge is 2.20. The molecule has 0 saturated carbocycles. The molecule has 22 heavy (non-hydrogen) atoms. The lowest BCUT2D eigenvalue weighted by molar-refractivity contribution is 0.598. The van der Waals surface area contributed by atoms with Crippen molar-refractivity contribution in [2.75, 3.05) is 5.75 Å². The first-order valence-corrected chi connectivity index (χ1v) is 9.86. The Morgan fingerprint density at radius 3 is 2.91 bits per heavy atom. The highest BCUT2D eigenvalue weighted by Crippen LogP contribution is 2.28. The molecule has 0 spiro atoms. The van der Waals surface area contributed by atoms with Gasteiger partial charge < -0.3 is 0 Å². The number of hydrogen-bond donors (Lipinski definition) is 1. The molecule has 9 heteroatoms. The van der Waals surface area contributed by atoms with E-state index in [1.54, 1.807) is 23.9 Å². The number of halogens is 1. The van der Waals surface area contributed by atoms with Gasteiger partial charge in [0, 0.05) is 5.75 Å². The van der Waals surface area contributed by atoms with Gasteiger partial charge in [-0.1, -0.05) is 6.07 Å². The first-order chi connectivity index (χ1) is 10.3. The maximum absolute atomic E-state index is 11.7. The average Bonchev–Trinajstić information content (AvgIpc) is 2.79. The Labute approximate surface area is 141 Å². The van der Waals surface area contributed by atoms with Gasteiger partial charge in [0.05, 0.1) is 23.0 Å². The van der Waals surface area contributed by atoms with E-state index < -0.39 is 10.0 Å². The van der Waals surface area contributed by atoms with Crippen LogP contribution in [0.15, 0.2) is 38.8 Å². The lowest BCUT2D eigenvalue weighted by Crippen LogP contribution is -2.19. The standard InChI is InChI=1S/C13H13BrN4O2S2/c1-8-2-3-12(22(15,19)20)9(4-8)16-10-6-21-7-18-11(10)5-13(14)17-18/h2-5H,6-7H2,1H3,(H2,15,19,20). The number of sulfonamides is 1. The Hall–Kier alpha value is -1.16. The van der Waals surface area contributed by atoms with Crippen molar-refractivity contribution >= 4 is 49.1 Å². The normalized spacial score (nSPS) is 16.8. The van der Waals surface area contributed by atoms with E-state index in [-0.39, 0.29) is 4.90 Å². The second kappa shape index (κ2) is 5.80. The van der Waals surface area contributed by atoms with Crippen LogP contribution in [0, 0.1) is 6.92 Å². The van der Waals surface area contributed by atoms with Crippen molar-refractivity contribution in [1.29, 1.82) is 0 Å². The Morgan fingerprint density at radius 1 is 1.41 bits per heavy atom. The van der Waals surface area contributed by atoms with Crippen molar-refractivity contribution in [3.05, 3.63) is 40.1 Å². The van der Waals surface area contributed by atoms with Gasteiger partial charge in [-0.05, 0) is 46.6 Å². The molecule has 0 radical (unpaired) electrons. The number of nitrogens with two attached hydrogens (primary N) is 1. The van der Waals surface area contributed by atoms with E-state index in [0.717, 1.165) is 27.4 Å². The summed E-state index contributed by atoms with van der Waals surface area (Å²) in [6.07, 6.45) is 0. The van der Waals surface area contributed by atoms with E-state index in [0.29, 0.717) is 11.4 Å². The van der Waals surface area contributed by atoms with Crippen LogP contribution in [-0.4, -0.2) is 29.7 Å². The minimum atomic E-state index is -3.82. The third-order valence-corrected chi connectivity index (χ3v) is 5.43. The molecule has 1 aromatic heterocycles. The summed E-state index contributed by atoms with van der Waals surface area (Å²) in [4.78, 5) is 4.59. The van der Waals surface area contributed by atoms with Crippen LogP contribution in [0.3, 0.4) is 0 Å². The van der Waals surface area contributed by atoms with Gasteiger partial charge in [-0.25, -0.2) is 18.5 Å². The molecule has 0 amide bonds. The van der Waals surface area contributed by atoms with Crippen molar-refractivity contribution < 1.29 is 8.42 Å². The monoisotopic (exact) mass is 400 g/mol. The molecule has 2 heterocycles. The van der Waals surface area contributed by atoms with Gasteiger partial charge in [0.2, 0.25) is 10.0 Å². The molecule has 0 bridgehead atoms. The Kier molecular flexibility index (Phi) is 4.15. The third kappa shape index (κ3) is 3.12. The number of aryl methyl sites for hydroxylation is 1. The van der Waals surface area contributed by atoms with Crippen LogP contribution in [0.5, 0.6) is 0 Å². The first kappa shape index (κ1) is 15.7. The highest BCUT2D eigenvalue weighted by molar-refractivity contribution is 9.10. The molecule has 1 aromatic carbocycles. The number of hydrogen-bond acceptors (Lipinski definition) is 5. The Balaban J connectivity index is 2.16. The van der Waals surface area contributed by atoms with Crippen molar-refractivity contribution in [2.24, 2.45) is 10.1 Å². The molecular formula is C13H13BrN4O2S2. The highest BCUT2D eigenvalue weighted by atomic mass is 79.9. The number of nitrogens with zero attached hydrogens (tertiary/aromatic N) is 3. The number of thioether (sulfide) groups is 1. The summed E-state index contributed by atoms with van der Waals surface area (Å²) in [5.74, 6) is 1.44. The minimum absolute atomic E-state index is 0.0336. The van der Waals surface area contributed by atoms with Crippen LogP contribution in [0.1, 0.15) is 11.3 Å². The molecule has 0 fully saturated rings. The van der Waals surface area contributed by atoms with E-state index in [4.69, 9.17) is 5.14 Å². The van der Waals surface area contributed by atoms with Gasteiger partial charge in [-0.2, -0.15) is 5.10 Å². The van der Waals surface area contributed by atoms with Crippen LogP contribution in [-0.2, 0) is 15.9 Å². The summed E-state index contributed by atoms with van der Waals surface area (Å²) in [7, 11) is -3.82. The summed E-state index contributed by atoms with van der Waals surface area (Å²) in [6, 6.07) is 6.81. The largest absolute Gasteiger partial charge is 0.252 e. The number of primary sulfonamides is 1. The maximum Gasteiger partial charge on any atom is 0.240 e. The molecule has 2 N–H and O–H groups in total. The summed E-state index contributed by atoms with van der Waals surface area (Å²) in [5, 5.41) is 9.60. The van der Waals surface area contributed by atoms with Gasteiger partial charge in [0.1, 0.15) is 9.50 Å². The summed E-state index contributed by atoms with van der Waals surface area (Å²) in [5.41, 5.74) is 2.95. The van der Waals surface area contributed by atoms with Gasteiger partial charge in [-0.3, -0.25) is 4.68 Å². The van der Waals surface area contributed by atoms with E-state index in [1.165, 1.54) is 6.07 Å². The minimum Gasteiger partial charge on any atom is -0.252 e. The van der Waals surface area contributed by atoms with E-state index >= 15 is 0 Å². The molecule has 116 valence electrons. The lowest BCUT2D eigenvalue weighted by Gasteiger charge is -2.16. The van der Waals surface area contributed by atoms with Gasteiger partial charge in [0.25, 0.3) is 0 Å². The fourth-order valence-corrected chi connectivity index (χ4v) is 4.14. The van der Waals surface area contributed by atoms with Crippen molar-refractivity contribution in [2.45, 2.75) is 17.7 Å². The molecule has 1 aliphatic heterocycles. The van der Waals surface area contributed by atoms with Gasteiger partial charge >= 0.3 is 0 Å². The zero-order chi connectivity index (χ0) is 15.9. The predicted molar refractivity (Wildman–Crippen MR) is 91.1 cm³/mol. The van der Waals surface area contributed by atoms with Crippen LogP contribution in [0.25, 0.3) is 0 Å². The number of benzene rings is 1. The van der Waals surface area contributed by atoms with Crippen molar-refractivity contribution in [3.63, 3.8) is 0 Å². The molecule has 0 aliphatic carbocycles. The summed E-state index contributed by atoms with van der Waals surface area (Å²) >= 11 is 5.02. The molecule has 1 aliphatic rings. The first-order valence-electron chi connectivity index (χ1n) is 6.37. The van der Waals surface area contributed by atoms with E-state index in [2.05, 4.69) is 26.0 Å². The SMILES string of the molecule is Cc1ccc(S(N)(=O)=O)c(N=C2CSCn3nc(Br)cc32)c1. The molecule has 0 saturated heterocycles. The van der Waals surface area contributed by atoms with Gasteiger partial charge in [-0.15, -0.1) is 11.8 Å². The second-order valence-electron chi connectivity index (χ2n) is 4.90. The molecule has 2 aromatic rings. The average molecular weight is 401 g/mol. The van der Waals surface area contributed by atoms with Crippen LogP contribution in [0.4, 0.5) is 5.69 Å². The number of aliphatic imine (C=N–C) groups is 1. The fourth-order valence-electron chi connectivity index (χ4n) is 2.21. The second-order valence-corrected chi connectivity index (χ2v) is 8.20. The number of fused-ring (bicyclic) bond motifs is 1. The van der Waals surface area contributed by atoms with Gasteiger partial charge in [0.15, 0.2) is 0 Å². The van der Waals surface area contributed by atoms with Crippen LogP contribution >= 0.6 is 27.7 Å². The molecular weight excluding hydrogens is 388 g/mol. The fraction of sp³-hybridized carbons (Fsp3) is 0.231. The quantitative estimate of drug-likeness (QED) is 0.837. The molecule has 6 nitrogen and oxygen atoms in total. The zero-order valence-corrected chi connectivity index (χ0v) is 14.9. The Morgan fingerprint density at radius 2 is 2.18 bits per heavy atom. The zero-order valence-electron chi connectivity index (χ0n) is 11.7. The maximum atomic E-state index is 11.7. The predicted octanol–water partition coefficient (Wildman–Crippen LogP) is 2.43. The lowest BCUT2D eigenvalue weighted by atomic mass is 10.2. The number of aromatic nitrogens is 2. The Bertz CT molecular complexity index is 874.